The summed E-state index contributed by atoms with van der Waals surface area (Å²) in [6.45, 7) is 6.58. The molecule has 3 N–H and O–H groups in total. The number of carboxylic acids is 2. The number of carbonyl (C=O) groups is 2. The van der Waals surface area contributed by atoms with Gasteiger partial charge in [-0.05, 0) is 12.8 Å². The van der Waals surface area contributed by atoms with Crippen molar-refractivity contribution in [3.8, 4) is 0 Å². The number of rotatable bonds is 30. The molecule has 0 aliphatic heterocycles. The van der Waals surface area contributed by atoms with Crippen LogP contribution < -0.4 is 0 Å². The molecule has 0 spiro atoms. The van der Waals surface area contributed by atoms with Gasteiger partial charge in [0.25, 0.3) is 10.1 Å². The van der Waals surface area contributed by atoms with Gasteiger partial charge in [0.15, 0.2) is 5.25 Å². The van der Waals surface area contributed by atoms with E-state index in [1.807, 2.05) is 0 Å². The first-order valence-electron chi connectivity index (χ1n) is 16.6. The third kappa shape index (κ3) is 37.8. The molecule has 0 aromatic heterocycles. The van der Waals surface area contributed by atoms with E-state index in [2.05, 4.69) is 13.8 Å². The van der Waals surface area contributed by atoms with Gasteiger partial charge in [0.1, 0.15) is 0 Å². The third-order valence-corrected chi connectivity index (χ3v) is 8.37. The van der Waals surface area contributed by atoms with Gasteiger partial charge in [0, 0.05) is 13.2 Å². The molecule has 0 rings (SSSR count). The van der Waals surface area contributed by atoms with Crippen molar-refractivity contribution in [2.24, 2.45) is 0 Å². The summed E-state index contributed by atoms with van der Waals surface area (Å²) in [4.78, 5) is 20.0. The molecule has 248 valence electrons. The molecule has 8 nitrogen and oxygen atoms in total. The molecule has 0 aliphatic rings. The minimum absolute atomic E-state index is 0. The number of unbranched alkanes of at least 4 members (excludes halogenated alkanes) is 22. The number of carboxylic acid groups (broad SMARTS) is 2. The topological polar surface area (TPSA) is 138 Å². The molecule has 0 fully saturated rings. The quantitative estimate of drug-likeness (QED) is 0.0407. The Hall–Kier alpha value is -0.190. The zero-order valence-electron chi connectivity index (χ0n) is 26.5. The first kappa shape index (κ1) is 46.2. The molecule has 0 aliphatic carbocycles. The van der Waals surface area contributed by atoms with Gasteiger partial charge in [-0.3, -0.25) is 14.1 Å². The molecular formula is C32H65NaO8S. The van der Waals surface area contributed by atoms with Crippen LogP contribution in [0.4, 0.5) is 0 Å². The maximum absolute atomic E-state index is 10.2. The molecular weight excluding hydrogens is 567 g/mol. The normalized spacial score (nSPS) is 11.8. The van der Waals surface area contributed by atoms with E-state index in [1.54, 1.807) is 0 Å². The number of ether oxygens (including phenoxy) is 1. The summed E-state index contributed by atoms with van der Waals surface area (Å²) in [6.07, 6.45) is 32.9. The number of aliphatic carboxylic acids is 2. The van der Waals surface area contributed by atoms with E-state index < -0.39 is 33.7 Å². The molecule has 0 amide bonds. The van der Waals surface area contributed by atoms with Crippen LogP contribution >= 0.6 is 0 Å². The second-order valence-corrected chi connectivity index (χ2v) is 12.9. The van der Waals surface area contributed by atoms with Crippen molar-refractivity contribution in [2.45, 2.75) is 180 Å². The molecule has 10 heteroatoms. The van der Waals surface area contributed by atoms with Crippen LogP contribution in [-0.2, 0) is 24.4 Å². The molecule has 0 radical (unpaired) electrons. The van der Waals surface area contributed by atoms with Crippen LogP contribution in [0.5, 0.6) is 0 Å². The van der Waals surface area contributed by atoms with E-state index in [9.17, 15) is 18.0 Å². The van der Waals surface area contributed by atoms with Gasteiger partial charge >= 0.3 is 41.5 Å². The van der Waals surface area contributed by atoms with E-state index >= 15 is 0 Å². The molecule has 0 saturated carbocycles. The Morgan fingerprint density at radius 3 is 1.00 bits per heavy atom. The molecule has 1 unspecified atom stereocenters. The maximum atomic E-state index is 10.2. The molecule has 0 saturated heterocycles. The van der Waals surface area contributed by atoms with Crippen molar-refractivity contribution in [3.63, 3.8) is 0 Å². The molecule has 0 aromatic rings. The summed E-state index contributed by atoms with van der Waals surface area (Å²) >= 11 is 0. The van der Waals surface area contributed by atoms with Gasteiger partial charge in [0.05, 0.1) is 6.42 Å². The van der Waals surface area contributed by atoms with E-state index in [1.165, 1.54) is 154 Å². The van der Waals surface area contributed by atoms with Gasteiger partial charge in [0.2, 0.25) is 0 Å². The van der Waals surface area contributed by atoms with Crippen molar-refractivity contribution in [3.05, 3.63) is 0 Å². The fourth-order valence-electron chi connectivity index (χ4n) is 4.67. The predicted molar refractivity (Wildman–Crippen MR) is 175 cm³/mol. The molecule has 0 aromatic carbocycles. The fourth-order valence-corrected chi connectivity index (χ4v) is 5.28. The zero-order chi connectivity index (χ0) is 31.0. The molecule has 0 heterocycles. The van der Waals surface area contributed by atoms with Gasteiger partial charge in [-0.15, -0.1) is 0 Å². The van der Waals surface area contributed by atoms with Crippen LogP contribution in [0.25, 0.3) is 0 Å². The Bertz CT molecular complexity index is 662. The molecule has 42 heavy (non-hydrogen) atoms. The Morgan fingerprint density at radius 2 is 0.810 bits per heavy atom. The molecule has 0 bridgehead atoms. The summed E-state index contributed by atoms with van der Waals surface area (Å²) in [5.41, 5.74) is 0. The number of hydrogen-bond donors (Lipinski definition) is 3. The molecule has 1 atom stereocenters. The zero-order valence-corrected chi connectivity index (χ0v) is 27.3. The standard InChI is InChI=1S/C28H58O.C4H6O7S.Na.H/c1-3-5-7-9-11-13-15-17-19-21-23-25-27-29-28-26-24-22-20-18-16-14-12-10-8-6-4-2;5-3(6)1-2(4(7)8)12(9,10)11;;/h3-28H2,1-2H3;2H,1H2,(H,5,6)(H,7,8)(H,9,10,11);;. The van der Waals surface area contributed by atoms with Gasteiger partial charge in [-0.25, -0.2) is 0 Å². The minimum atomic E-state index is -4.84. The van der Waals surface area contributed by atoms with Crippen LogP contribution in [0.3, 0.4) is 0 Å². The summed E-state index contributed by atoms with van der Waals surface area (Å²) in [5, 5.41) is 13.9. The Kier molecular flexibility index (Phi) is 38.8. The summed E-state index contributed by atoms with van der Waals surface area (Å²) in [6, 6.07) is 0. The van der Waals surface area contributed by atoms with Crippen LogP contribution in [0.15, 0.2) is 0 Å². The summed E-state index contributed by atoms with van der Waals surface area (Å²) < 4.78 is 34.5. The Balaban J connectivity index is -0.000000983. The average molecular weight is 633 g/mol. The third-order valence-electron chi connectivity index (χ3n) is 7.28. The van der Waals surface area contributed by atoms with E-state index in [0.717, 1.165) is 13.2 Å². The summed E-state index contributed by atoms with van der Waals surface area (Å²) in [7, 11) is -4.84. The van der Waals surface area contributed by atoms with Crippen LogP contribution in [0, 0.1) is 0 Å². The second-order valence-electron chi connectivity index (χ2n) is 11.3. The fraction of sp³-hybridized carbons (Fsp3) is 0.938. The summed E-state index contributed by atoms with van der Waals surface area (Å²) in [5.74, 6) is -3.50. The SMILES string of the molecule is CCCCCCCCCCCCCCOCCCCCCCCCCCCCC.O=C(O)CC(C(=O)O)S(=O)(=O)O.[NaH]. The van der Waals surface area contributed by atoms with E-state index in [0.29, 0.717) is 0 Å². The van der Waals surface area contributed by atoms with Gasteiger partial charge < -0.3 is 14.9 Å². The van der Waals surface area contributed by atoms with Crippen molar-refractivity contribution in [1.82, 2.24) is 0 Å². The van der Waals surface area contributed by atoms with E-state index in [-0.39, 0.29) is 29.6 Å². The monoisotopic (exact) mass is 632 g/mol. The van der Waals surface area contributed by atoms with Crippen molar-refractivity contribution in [2.75, 3.05) is 13.2 Å². The van der Waals surface area contributed by atoms with Gasteiger partial charge in [-0.1, -0.05) is 155 Å². The van der Waals surface area contributed by atoms with Crippen LogP contribution in [-0.4, -0.2) is 83.1 Å². The predicted octanol–water partition coefficient (Wildman–Crippen LogP) is 8.56. The average Bonchev–Trinajstić information content (AvgIpc) is 2.91. The second kappa shape index (κ2) is 35.3. The van der Waals surface area contributed by atoms with Crippen molar-refractivity contribution < 1.29 is 37.5 Å². The van der Waals surface area contributed by atoms with Crippen LogP contribution in [0.2, 0.25) is 0 Å². The van der Waals surface area contributed by atoms with E-state index in [4.69, 9.17) is 19.5 Å². The Morgan fingerprint density at radius 1 is 0.548 bits per heavy atom. The Labute approximate surface area is 280 Å². The number of hydrogen-bond acceptors (Lipinski definition) is 5. The first-order valence-corrected chi connectivity index (χ1v) is 18.2. The first-order chi connectivity index (χ1) is 19.7. The van der Waals surface area contributed by atoms with Crippen LogP contribution in [0.1, 0.15) is 174 Å². The van der Waals surface area contributed by atoms with Crippen molar-refractivity contribution >= 4 is 51.6 Å². The van der Waals surface area contributed by atoms with Crippen molar-refractivity contribution in [1.29, 1.82) is 0 Å². The van der Waals surface area contributed by atoms with Gasteiger partial charge in [-0.2, -0.15) is 8.42 Å².